The van der Waals surface area contributed by atoms with E-state index in [1.165, 1.54) is 0 Å². The molecule has 0 aromatic carbocycles. The lowest BCUT2D eigenvalue weighted by Crippen LogP contribution is -2.30. The molecule has 94 valence electrons. The predicted molar refractivity (Wildman–Crippen MR) is 65.0 cm³/mol. The van der Waals surface area contributed by atoms with Gasteiger partial charge >= 0.3 is 0 Å². The van der Waals surface area contributed by atoms with Gasteiger partial charge < -0.3 is 10.6 Å². The number of hydrogen-bond acceptors (Lipinski definition) is 2. The molecule has 0 aliphatic rings. The van der Waals surface area contributed by atoms with Crippen LogP contribution < -0.4 is 10.6 Å². The number of rotatable bonds is 8. The average Bonchev–Trinajstić information content (AvgIpc) is 2.24. The molecule has 0 aliphatic carbocycles. The number of carbonyl (C=O) groups is 2. The van der Waals surface area contributed by atoms with E-state index in [4.69, 9.17) is 0 Å². The molecule has 0 bridgehead atoms. The number of nitrogens with one attached hydrogen (secondary N) is 2. The van der Waals surface area contributed by atoms with E-state index in [9.17, 15) is 9.59 Å². The minimum absolute atomic E-state index is 0.0341. The molecular weight excluding hydrogens is 204 g/mol. The fourth-order valence-corrected chi connectivity index (χ4v) is 1.13. The van der Waals surface area contributed by atoms with Gasteiger partial charge in [-0.15, -0.1) is 0 Å². The minimum Gasteiger partial charge on any atom is -0.356 e. The fraction of sp³-hybridized carbons (Fsp3) is 0.833. The molecule has 0 fully saturated rings. The molecule has 0 saturated heterocycles. The number of hydrogen-bond donors (Lipinski definition) is 2. The Labute approximate surface area is 98.2 Å². The summed E-state index contributed by atoms with van der Waals surface area (Å²) in [5.41, 5.74) is 0. The third-order valence-corrected chi connectivity index (χ3v) is 2.14. The zero-order valence-corrected chi connectivity index (χ0v) is 10.6. The van der Waals surface area contributed by atoms with Gasteiger partial charge in [-0.1, -0.05) is 27.2 Å². The second-order valence-corrected chi connectivity index (χ2v) is 4.40. The summed E-state index contributed by atoms with van der Waals surface area (Å²) < 4.78 is 0. The first-order valence-corrected chi connectivity index (χ1v) is 6.09. The van der Waals surface area contributed by atoms with Crippen LogP contribution in [0.4, 0.5) is 0 Å². The van der Waals surface area contributed by atoms with E-state index in [-0.39, 0.29) is 24.7 Å². The maximum absolute atomic E-state index is 11.3. The van der Waals surface area contributed by atoms with Gasteiger partial charge in [-0.2, -0.15) is 0 Å². The Morgan fingerprint density at radius 2 is 1.62 bits per heavy atom. The molecule has 16 heavy (non-hydrogen) atoms. The monoisotopic (exact) mass is 228 g/mol. The first-order valence-electron chi connectivity index (χ1n) is 6.09. The first kappa shape index (κ1) is 14.9. The SMILES string of the molecule is CCCCNC(=O)CCC(=O)NCC(C)C. The molecule has 2 amide bonds. The molecule has 0 heterocycles. The maximum Gasteiger partial charge on any atom is 0.220 e. The van der Waals surface area contributed by atoms with Crippen LogP contribution in [0.5, 0.6) is 0 Å². The summed E-state index contributed by atoms with van der Waals surface area (Å²) in [7, 11) is 0. The third kappa shape index (κ3) is 9.49. The highest BCUT2D eigenvalue weighted by Crippen LogP contribution is 1.92. The van der Waals surface area contributed by atoms with Crippen molar-refractivity contribution in [3.8, 4) is 0 Å². The van der Waals surface area contributed by atoms with Gasteiger partial charge in [0.1, 0.15) is 0 Å². The molecule has 0 aliphatic heterocycles. The second-order valence-electron chi connectivity index (χ2n) is 4.40. The summed E-state index contributed by atoms with van der Waals surface area (Å²) >= 11 is 0. The Kier molecular flexibility index (Phi) is 8.58. The number of amides is 2. The normalized spacial score (nSPS) is 10.2. The first-order chi connectivity index (χ1) is 7.56. The van der Waals surface area contributed by atoms with E-state index in [1.54, 1.807) is 0 Å². The summed E-state index contributed by atoms with van der Waals surface area (Å²) in [6, 6.07) is 0. The van der Waals surface area contributed by atoms with Crippen LogP contribution in [-0.4, -0.2) is 24.9 Å². The number of unbranched alkanes of at least 4 members (excludes halogenated alkanes) is 1. The molecule has 4 nitrogen and oxygen atoms in total. The van der Waals surface area contributed by atoms with Gasteiger partial charge in [-0.25, -0.2) is 0 Å². The van der Waals surface area contributed by atoms with Gasteiger partial charge in [0, 0.05) is 25.9 Å². The highest BCUT2D eigenvalue weighted by atomic mass is 16.2. The highest BCUT2D eigenvalue weighted by Gasteiger charge is 2.06. The van der Waals surface area contributed by atoms with Crippen molar-refractivity contribution < 1.29 is 9.59 Å². The smallest absolute Gasteiger partial charge is 0.220 e. The van der Waals surface area contributed by atoms with Crippen LogP contribution in [0.25, 0.3) is 0 Å². The molecule has 0 radical (unpaired) electrons. The van der Waals surface area contributed by atoms with Gasteiger partial charge in [-0.3, -0.25) is 9.59 Å². The largest absolute Gasteiger partial charge is 0.356 e. The van der Waals surface area contributed by atoms with Crippen LogP contribution in [0, 0.1) is 5.92 Å². The van der Waals surface area contributed by atoms with Gasteiger partial charge in [0.25, 0.3) is 0 Å². The van der Waals surface area contributed by atoms with Crippen molar-refractivity contribution in [1.82, 2.24) is 10.6 Å². The maximum atomic E-state index is 11.3. The van der Waals surface area contributed by atoms with Crippen molar-refractivity contribution in [2.24, 2.45) is 5.92 Å². The lowest BCUT2D eigenvalue weighted by Gasteiger charge is -2.07. The summed E-state index contributed by atoms with van der Waals surface area (Å²) in [5.74, 6) is 0.370. The van der Waals surface area contributed by atoms with E-state index in [1.807, 2.05) is 13.8 Å². The standard InChI is InChI=1S/C12H24N2O2/c1-4-5-8-13-11(15)6-7-12(16)14-9-10(2)3/h10H,4-9H2,1-3H3,(H,13,15)(H,14,16). The van der Waals surface area contributed by atoms with Crippen LogP contribution in [0.1, 0.15) is 46.5 Å². The van der Waals surface area contributed by atoms with E-state index in [0.717, 1.165) is 12.8 Å². The lowest BCUT2D eigenvalue weighted by atomic mass is 10.2. The summed E-state index contributed by atoms with van der Waals surface area (Å²) in [5, 5.41) is 5.57. The number of carbonyl (C=O) groups excluding carboxylic acids is 2. The second kappa shape index (κ2) is 9.19. The topological polar surface area (TPSA) is 58.2 Å². The summed E-state index contributed by atoms with van der Waals surface area (Å²) in [6.45, 7) is 7.54. The van der Waals surface area contributed by atoms with Crippen LogP contribution in [0.15, 0.2) is 0 Å². The van der Waals surface area contributed by atoms with Crippen molar-refractivity contribution >= 4 is 11.8 Å². The predicted octanol–water partition coefficient (Wildman–Crippen LogP) is 1.46. The van der Waals surface area contributed by atoms with E-state index in [2.05, 4.69) is 17.6 Å². The van der Waals surface area contributed by atoms with E-state index < -0.39 is 0 Å². The lowest BCUT2D eigenvalue weighted by molar-refractivity contribution is -0.126. The molecule has 0 aromatic heterocycles. The van der Waals surface area contributed by atoms with E-state index in [0.29, 0.717) is 19.0 Å². The fourth-order valence-electron chi connectivity index (χ4n) is 1.13. The molecule has 0 rings (SSSR count). The molecule has 0 atom stereocenters. The molecule has 0 spiro atoms. The van der Waals surface area contributed by atoms with Crippen molar-refractivity contribution in [2.75, 3.05) is 13.1 Å². The Morgan fingerprint density at radius 1 is 1.06 bits per heavy atom. The van der Waals surface area contributed by atoms with Gasteiger partial charge in [0.05, 0.1) is 0 Å². The molecule has 0 unspecified atom stereocenters. The Hall–Kier alpha value is -1.06. The van der Waals surface area contributed by atoms with Gasteiger partial charge in [0.15, 0.2) is 0 Å². The molecule has 0 saturated carbocycles. The van der Waals surface area contributed by atoms with Crippen molar-refractivity contribution in [1.29, 1.82) is 0 Å². The molecule has 4 heteroatoms. The van der Waals surface area contributed by atoms with Crippen LogP contribution in [-0.2, 0) is 9.59 Å². The van der Waals surface area contributed by atoms with Crippen molar-refractivity contribution in [3.63, 3.8) is 0 Å². The van der Waals surface area contributed by atoms with E-state index >= 15 is 0 Å². The Bertz CT molecular complexity index is 215. The summed E-state index contributed by atoms with van der Waals surface area (Å²) in [4.78, 5) is 22.6. The zero-order valence-electron chi connectivity index (χ0n) is 10.6. The average molecular weight is 228 g/mol. The summed E-state index contributed by atoms with van der Waals surface area (Å²) in [6.07, 6.45) is 2.62. The van der Waals surface area contributed by atoms with Crippen LogP contribution >= 0.6 is 0 Å². The Morgan fingerprint density at radius 3 is 2.12 bits per heavy atom. The van der Waals surface area contributed by atoms with Gasteiger partial charge in [0.2, 0.25) is 11.8 Å². The quantitative estimate of drug-likeness (QED) is 0.618. The highest BCUT2D eigenvalue weighted by molar-refractivity contribution is 5.83. The van der Waals surface area contributed by atoms with Gasteiger partial charge in [-0.05, 0) is 12.3 Å². The molecule has 2 N–H and O–H groups in total. The Balaban J connectivity index is 3.47. The molecular formula is C12H24N2O2. The van der Waals surface area contributed by atoms with Crippen LogP contribution in [0.2, 0.25) is 0 Å². The minimum atomic E-state index is -0.0423. The van der Waals surface area contributed by atoms with Crippen molar-refractivity contribution in [2.45, 2.75) is 46.5 Å². The molecule has 0 aromatic rings. The third-order valence-electron chi connectivity index (χ3n) is 2.14. The van der Waals surface area contributed by atoms with Crippen LogP contribution in [0.3, 0.4) is 0 Å². The van der Waals surface area contributed by atoms with Crippen molar-refractivity contribution in [3.05, 3.63) is 0 Å². The zero-order chi connectivity index (χ0) is 12.4.